The van der Waals surface area contributed by atoms with Crippen molar-refractivity contribution in [1.82, 2.24) is 0 Å². The van der Waals surface area contributed by atoms with Crippen LogP contribution in [0.15, 0.2) is 24.3 Å². The first-order valence-corrected chi connectivity index (χ1v) is 8.27. The van der Waals surface area contributed by atoms with Crippen LogP contribution in [0.3, 0.4) is 0 Å². The molecule has 1 fully saturated rings. The van der Waals surface area contributed by atoms with Crippen LogP contribution in [-0.2, 0) is 0 Å². The molecule has 0 N–H and O–H groups in total. The molecule has 3 atom stereocenters. The van der Waals surface area contributed by atoms with Crippen molar-refractivity contribution in [2.24, 2.45) is 5.92 Å². The summed E-state index contributed by atoms with van der Waals surface area (Å²) < 4.78 is 0. The molecule has 1 nitrogen and oxygen atoms in total. The van der Waals surface area contributed by atoms with E-state index in [1.807, 2.05) is 36.0 Å². The summed E-state index contributed by atoms with van der Waals surface area (Å²) in [5.74, 6) is 1.11. The monoisotopic (exact) mass is 276 g/mol. The molecule has 0 spiro atoms. The molecule has 3 unspecified atom stereocenters. The van der Waals surface area contributed by atoms with Gasteiger partial charge in [0.1, 0.15) is 0 Å². The molecule has 0 saturated heterocycles. The summed E-state index contributed by atoms with van der Waals surface area (Å²) in [5.41, 5.74) is 2.06. The molecule has 1 aromatic rings. The van der Waals surface area contributed by atoms with Crippen LogP contribution < -0.4 is 0 Å². The van der Waals surface area contributed by atoms with Crippen LogP contribution in [0.2, 0.25) is 0 Å². The van der Waals surface area contributed by atoms with E-state index in [0.29, 0.717) is 5.25 Å². The Kier molecular flexibility index (Phi) is 5.09. The predicted octanol–water partition coefficient (Wildman–Crippen LogP) is 4.88. The Hall–Kier alpha value is -0.760. The maximum atomic E-state index is 12.4. The maximum Gasteiger partial charge on any atom is 0.175 e. The minimum atomic E-state index is 0.0815. The average Bonchev–Trinajstić information content (AvgIpc) is 2.39. The van der Waals surface area contributed by atoms with Crippen molar-refractivity contribution in [3.63, 3.8) is 0 Å². The van der Waals surface area contributed by atoms with Gasteiger partial charge < -0.3 is 0 Å². The highest BCUT2D eigenvalue weighted by Gasteiger charge is 2.24. The van der Waals surface area contributed by atoms with Crippen LogP contribution in [0.4, 0.5) is 0 Å². The molecule has 1 aliphatic carbocycles. The van der Waals surface area contributed by atoms with E-state index in [9.17, 15) is 4.79 Å². The van der Waals surface area contributed by atoms with E-state index in [-0.39, 0.29) is 11.0 Å². The number of carbonyl (C=O) groups is 1. The lowest BCUT2D eigenvalue weighted by molar-refractivity contribution is 0.0993. The smallest absolute Gasteiger partial charge is 0.175 e. The Morgan fingerprint density at radius 3 is 2.58 bits per heavy atom. The minimum Gasteiger partial charge on any atom is -0.293 e. The van der Waals surface area contributed by atoms with Gasteiger partial charge in [-0.15, -0.1) is 11.8 Å². The molecule has 0 bridgehead atoms. The summed E-state index contributed by atoms with van der Waals surface area (Å²) in [6.45, 7) is 6.45. The normalized spacial score (nSPS) is 25.0. The highest BCUT2D eigenvalue weighted by atomic mass is 32.2. The van der Waals surface area contributed by atoms with Crippen molar-refractivity contribution in [3.05, 3.63) is 35.4 Å². The topological polar surface area (TPSA) is 17.1 Å². The van der Waals surface area contributed by atoms with Crippen molar-refractivity contribution in [3.8, 4) is 0 Å². The summed E-state index contributed by atoms with van der Waals surface area (Å²) >= 11 is 1.88. The van der Waals surface area contributed by atoms with Gasteiger partial charge in [0.15, 0.2) is 5.78 Å². The highest BCUT2D eigenvalue weighted by Crippen LogP contribution is 2.34. The predicted molar refractivity (Wildman–Crippen MR) is 84.0 cm³/mol. The van der Waals surface area contributed by atoms with Crippen molar-refractivity contribution in [2.75, 3.05) is 0 Å². The number of rotatable bonds is 4. The molecule has 0 radical (unpaired) electrons. The third-order valence-electron chi connectivity index (χ3n) is 3.99. The first kappa shape index (κ1) is 14.6. The van der Waals surface area contributed by atoms with Gasteiger partial charge in [0.25, 0.3) is 0 Å². The molecule has 2 rings (SSSR count). The van der Waals surface area contributed by atoms with E-state index in [1.165, 1.54) is 31.2 Å². The molecule has 19 heavy (non-hydrogen) atoms. The fourth-order valence-corrected chi connectivity index (χ4v) is 4.38. The van der Waals surface area contributed by atoms with Crippen LogP contribution in [0.1, 0.15) is 55.5 Å². The van der Waals surface area contributed by atoms with Crippen LogP contribution in [0.25, 0.3) is 0 Å². The zero-order chi connectivity index (χ0) is 13.8. The molecular formula is C17H24OS. The van der Waals surface area contributed by atoms with Gasteiger partial charge in [-0.25, -0.2) is 0 Å². The summed E-state index contributed by atoms with van der Waals surface area (Å²) in [7, 11) is 0. The Morgan fingerprint density at radius 2 is 1.95 bits per heavy atom. The first-order valence-electron chi connectivity index (χ1n) is 7.32. The SMILES string of the molecule is Cc1ccc(C(=O)C(C)SC2CCCC(C)C2)cc1. The van der Waals surface area contributed by atoms with E-state index in [4.69, 9.17) is 0 Å². The molecule has 2 heteroatoms. The molecule has 104 valence electrons. The van der Waals surface area contributed by atoms with E-state index in [0.717, 1.165) is 11.5 Å². The van der Waals surface area contributed by atoms with Gasteiger partial charge >= 0.3 is 0 Å². The van der Waals surface area contributed by atoms with Crippen molar-refractivity contribution < 1.29 is 4.79 Å². The minimum absolute atomic E-state index is 0.0815. The molecular weight excluding hydrogens is 252 g/mol. The van der Waals surface area contributed by atoms with E-state index < -0.39 is 0 Å². The van der Waals surface area contributed by atoms with Gasteiger partial charge in [-0.2, -0.15) is 0 Å². The second kappa shape index (κ2) is 6.60. The van der Waals surface area contributed by atoms with Crippen LogP contribution in [-0.4, -0.2) is 16.3 Å². The number of benzene rings is 1. The first-order chi connectivity index (χ1) is 9.06. The lowest BCUT2D eigenvalue weighted by Gasteiger charge is -2.28. The van der Waals surface area contributed by atoms with Gasteiger partial charge in [-0.05, 0) is 32.6 Å². The molecule has 0 aliphatic heterocycles. The summed E-state index contributed by atoms with van der Waals surface area (Å²) in [4.78, 5) is 12.4. The molecule has 1 aromatic carbocycles. The van der Waals surface area contributed by atoms with Crippen LogP contribution >= 0.6 is 11.8 Å². The zero-order valence-corrected chi connectivity index (χ0v) is 13.0. The number of thioether (sulfide) groups is 1. The highest BCUT2D eigenvalue weighted by molar-refractivity contribution is 8.01. The van der Waals surface area contributed by atoms with Gasteiger partial charge in [0.2, 0.25) is 0 Å². The van der Waals surface area contributed by atoms with Crippen molar-refractivity contribution in [1.29, 1.82) is 0 Å². The lowest BCUT2D eigenvalue weighted by Crippen LogP contribution is -2.22. The van der Waals surface area contributed by atoms with Gasteiger partial charge in [0.05, 0.1) is 5.25 Å². The van der Waals surface area contributed by atoms with Gasteiger partial charge in [0, 0.05) is 10.8 Å². The van der Waals surface area contributed by atoms with E-state index >= 15 is 0 Å². The van der Waals surface area contributed by atoms with Crippen molar-refractivity contribution in [2.45, 2.75) is 57.0 Å². The Labute approximate surface area is 121 Å². The largest absolute Gasteiger partial charge is 0.293 e. The molecule has 0 aromatic heterocycles. The number of ketones is 1. The number of hydrogen-bond acceptors (Lipinski definition) is 2. The molecule has 1 aliphatic rings. The standard InChI is InChI=1S/C17H24OS/c1-12-7-9-15(10-8-12)17(18)14(3)19-16-6-4-5-13(2)11-16/h7-10,13-14,16H,4-6,11H2,1-3H3. The summed E-state index contributed by atoms with van der Waals surface area (Å²) in [5, 5.41) is 0.756. The zero-order valence-electron chi connectivity index (χ0n) is 12.2. The molecule has 0 amide bonds. The van der Waals surface area contributed by atoms with E-state index in [2.05, 4.69) is 20.8 Å². The van der Waals surface area contributed by atoms with Crippen molar-refractivity contribution >= 4 is 17.5 Å². The summed E-state index contributed by atoms with van der Waals surface area (Å²) in [6.07, 6.45) is 5.23. The second-order valence-electron chi connectivity index (χ2n) is 5.90. The number of carbonyl (C=O) groups excluding carboxylic acids is 1. The number of aryl methyl sites for hydroxylation is 1. The fourth-order valence-electron chi connectivity index (χ4n) is 2.81. The third-order valence-corrected chi connectivity index (χ3v) is 5.43. The van der Waals surface area contributed by atoms with Gasteiger partial charge in [-0.1, -0.05) is 49.6 Å². The number of Topliss-reactive ketones (excluding diaryl/α,β-unsaturated/α-hetero) is 1. The maximum absolute atomic E-state index is 12.4. The van der Waals surface area contributed by atoms with Crippen LogP contribution in [0, 0.1) is 12.8 Å². The summed E-state index contributed by atoms with van der Waals surface area (Å²) in [6, 6.07) is 7.96. The van der Waals surface area contributed by atoms with Crippen LogP contribution in [0.5, 0.6) is 0 Å². The Morgan fingerprint density at radius 1 is 1.26 bits per heavy atom. The van der Waals surface area contributed by atoms with Gasteiger partial charge in [-0.3, -0.25) is 4.79 Å². The quantitative estimate of drug-likeness (QED) is 0.729. The Balaban J connectivity index is 1.93. The lowest BCUT2D eigenvalue weighted by atomic mass is 9.91. The molecule has 0 heterocycles. The second-order valence-corrected chi connectivity index (χ2v) is 7.55. The Bertz CT molecular complexity index is 423. The number of hydrogen-bond donors (Lipinski definition) is 0. The fraction of sp³-hybridized carbons (Fsp3) is 0.588. The van der Waals surface area contributed by atoms with E-state index in [1.54, 1.807) is 0 Å². The third kappa shape index (κ3) is 4.10. The molecule has 1 saturated carbocycles. The average molecular weight is 276 g/mol.